The van der Waals surface area contributed by atoms with Crippen LogP contribution in [0.5, 0.6) is 17.2 Å². The molecule has 0 aromatic heterocycles. The number of fused-ring (bicyclic) bond motifs is 6. The monoisotopic (exact) mass is 427 g/mol. The molecule has 160 valence electrons. The number of carbonyl (C=O) groups is 1. The number of carbonyl (C=O) groups excluding carboxylic acids is 1. The summed E-state index contributed by atoms with van der Waals surface area (Å²) in [6.45, 7) is 0. The first-order chi connectivity index (χ1) is 15.7. The second-order valence-corrected chi connectivity index (χ2v) is 7.96. The number of hydrogen-bond acceptors (Lipinski definition) is 6. The smallest absolute Gasteiger partial charge is 0.306 e. The lowest BCUT2D eigenvalue weighted by Gasteiger charge is -2.44. The van der Waals surface area contributed by atoms with Gasteiger partial charge in [-0.1, -0.05) is 30.3 Å². The molecule has 6 rings (SSSR count). The first-order valence-electron chi connectivity index (χ1n) is 10.4. The third-order valence-electron chi connectivity index (χ3n) is 6.34. The Morgan fingerprint density at radius 3 is 2.62 bits per heavy atom. The Hall–Kier alpha value is -4.00. The van der Waals surface area contributed by atoms with E-state index in [2.05, 4.69) is 5.32 Å². The normalized spacial score (nSPS) is 22.4. The molecule has 3 aliphatic rings. The van der Waals surface area contributed by atoms with Crippen molar-refractivity contribution in [3.8, 4) is 17.2 Å². The van der Waals surface area contributed by atoms with Crippen molar-refractivity contribution in [1.82, 2.24) is 5.01 Å². The number of anilines is 1. The standard InChI is InChI=1S/C25H21N3O4/c1-30-16-12-10-15(11-13-16)20-14-21-17-6-5-9-22(31-2)23(17)32-25(28(21)27-20)18-7-3-4-8-19(18)26-24(25)29/h3-13,21H,14H2,1-2H3,(H,26,29). The largest absolute Gasteiger partial charge is 0.497 e. The van der Waals surface area contributed by atoms with Gasteiger partial charge in [-0.15, -0.1) is 0 Å². The van der Waals surface area contributed by atoms with Crippen LogP contribution < -0.4 is 19.5 Å². The van der Waals surface area contributed by atoms with Gasteiger partial charge in [-0.25, -0.2) is 5.01 Å². The fourth-order valence-electron chi connectivity index (χ4n) is 4.81. The number of methoxy groups -OCH3 is 2. The summed E-state index contributed by atoms with van der Waals surface area (Å²) < 4.78 is 17.4. The predicted octanol–water partition coefficient (Wildman–Crippen LogP) is 4.05. The van der Waals surface area contributed by atoms with Gasteiger partial charge in [0.25, 0.3) is 5.91 Å². The number of hydrazone groups is 1. The van der Waals surface area contributed by atoms with Crippen LogP contribution in [0.4, 0.5) is 5.69 Å². The molecule has 3 aliphatic heterocycles. The summed E-state index contributed by atoms with van der Waals surface area (Å²) in [5, 5.41) is 9.75. The topological polar surface area (TPSA) is 72.4 Å². The predicted molar refractivity (Wildman–Crippen MR) is 119 cm³/mol. The zero-order chi connectivity index (χ0) is 21.9. The summed E-state index contributed by atoms with van der Waals surface area (Å²) in [6.07, 6.45) is 0.632. The van der Waals surface area contributed by atoms with Crippen molar-refractivity contribution in [2.75, 3.05) is 19.5 Å². The molecule has 3 heterocycles. The first kappa shape index (κ1) is 18.7. The molecule has 32 heavy (non-hydrogen) atoms. The third kappa shape index (κ3) is 2.42. The number of hydrogen-bond donors (Lipinski definition) is 1. The SMILES string of the molecule is COc1ccc(C2=NN3C(C2)c2cccc(OC)c2OC32C(=O)Nc3ccccc32)cc1. The van der Waals surface area contributed by atoms with E-state index in [-0.39, 0.29) is 11.9 Å². The van der Waals surface area contributed by atoms with Gasteiger partial charge in [0.15, 0.2) is 11.5 Å². The van der Waals surface area contributed by atoms with Gasteiger partial charge in [-0.3, -0.25) is 4.79 Å². The third-order valence-corrected chi connectivity index (χ3v) is 6.34. The number of ether oxygens (including phenoxy) is 3. The van der Waals surface area contributed by atoms with Crippen LogP contribution in [0.15, 0.2) is 71.8 Å². The van der Waals surface area contributed by atoms with E-state index in [4.69, 9.17) is 19.3 Å². The molecule has 0 radical (unpaired) electrons. The lowest BCUT2D eigenvalue weighted by atomic mass is 9.92. The highest BCUT2D eigenvalue weighted by Crippen LogP contribution is 2.56. The molecular formula is C25H21N3O4. The lowest BCUT2D eigenvalue weighted by Crippen LogP contribution is -2.55. The van der Waals surface area contributed by atoms with E-state index in [0.717, 1.165) is 33.8 Å². The van der Waals surface area contributed by atoms with Gasteiger partial charge in [-0.05, 0) is 42.0 Å². The van der Waals surface area contributed by atoms with Crippen LogP contribution in [0.3, 0.4) is 0 Å². The van der Waals surface area contributed by atoms with Gasteiger partial charge in [0.05, 0.1) is 37.2 Å². The number of amides is 1. The van der Waals surface area contributed by atoms with E-state index in [9.17, 15) is 4.79 Å². The highest BCUT2D eigenvalue weighted by atomic mass is 16.6. The lowest BCUT2D eigenvalue weighted by molar-refractivity contribution is -0.161. The van der Waals surface area contributed by atoms with Crippen molar-refractivity contribution in [2.45, 2.75) is 18.2 Å². The molecule has 3 aromatic rings. The maximum absolute atomic E-state index is 13.5. The Bertz CT molecular complexity index is 1270. The molecule has 7 heteroatoms. The second-order valence-electron chi connectivity index (χ2n) is 7.96. The molecule has 1 amide bonds. The molecule has 3 aromatic carbocycles. The number of nitrogens with one attached hydrogen (secondary N) is 1. The molecule has 0 aliphatic carbocycles. The first-order valence-corrected chi connectivity index (χ1v) is 10.4. The quantitative estimate of drug-likeness (QED) is 0.683. The van der Waals surface area contributed by atoms with Crippen molar-refractivity contribution in [3.05, 3.63) is 83.4 Å². The minimum absolute atomic E-state index is 0.178. The van der Waals surface area contributed by atoms with Gasteiger partial charge in [0.1, 0.15) is 5.75 Å². The Morgan fingerprint density at radius 2 is 1.84 bits per heavy atom. The molecule has 2 unspecified atom stereocenters. The van der Waals surface area contributed by atoms with Crippen molar-refractivity contribution in [2.24, 2.45) is 5.10 Å². The van der Waals surface area contributed by atoms with Crippen LogP contribution in [-0.4, -0.2) is 30.8 Å². The van der Waals surface area contributed by atoms with Crippen molar-refractivity contribution >= 4 is 17.3 Å². The molecule has 0 bridgehead atoms. The Balaban J connectivity index is 1.55. The van der Waals surface area contributed by atoms with E-state index in [1.807, 2.05) is 71.7 Å². The van der Waals surface area contributed by atoms with Crippen LogP contribution in [0, 0.1) is 0 Å². The van der Waals surface area contributed by atoms with Crippen molar-refractivity contribution < 1.29 is 19.0 Å². The van der Waals surface area contributed by atoms with Crippen molar-refractivity contribution in [3.63, 3.8) is 0 Å². The maximum atomic E-state index is 13.5. The minimum atomic E-state index is -1.41. The Labute approximate surface area is 185 Å². The van der Waals surface area contributed by atoms with Crippen LogP contribution in [-0.2, 0) is 10.5 Å². The van der Waals surface area contributed by atoms with Gasteiger partial charge < -0.3 is 19.5 Å². The maximum Gasteiger partial charge on any atom is 0.306 e. The Kier molecular flexibility index (Phi) is 3.95. The molecule has 0 fully saturated rings. The van der Waals surface area contributed by atoms with Crippen LogP contribution in [0.25, 0.3) is 0 Å². The van der Waals surface area contributed by atoms with E-state index in [1.165, 1.54) is 0 Å². The zero-order valence-electron chi connectivity index (χ0n) is 17.7. The highest BCUT2D eigenvalue weighted by Gasteiger charge is 2.61. The summed E-state index contributed by atoms with van der Waals surface area (Å²) in [4.78, 5) is 13.5. The van der Waals surface area contributed by atoms with E-state index < -0.39 is 5.72 Å². The van der Waals surface area contributed by atoms with E-state index in [1.54, 1.807) is 14.2 Å². The minimum Gasteiger partial charge on any atom is -0.497 e. The molecule has 0 saturated heterocycles. The average molecular weight is 427 g/mol. The molecule has 0 saturated carbocycles. The molecule has 1 spiro atoms. The molecular weight excluding hydrogens is 406 g/mol. The van der Waals surface area contributed by atoms with E-state index >= 15 is 0 Å². The average Bonchev–Trinajstić information content (AvgIpc) is 3.40. The summed E-state index contributed by atoms with van der Waals surface area (Å²) in [5.74, 6) is 1.69. The summed E-state index contributed by atoms with van der Waals surface area (Å²) in [7, 11) is 3.25. The van der Waals surface area contributed by atoms with Crippen LogP contribution in [0.1, 0.15) is 29.2 Å². The molecule has 7 nitrogen and oxygen atoms in total. The van der Waals surface area contributed by atoms with Gasteiger partial charge in [-0.2, -0.15) is 5.10 Å². The summed E-state index contributed by atoms with van der Waals surface area (Å²) in [6, 6.07) is 21.0. The van der Waals surface area contributed by atoms with Crippen LogP contribution in [0.2, 0.25) is 0 Å². The zero-order valence-corrected chi connectivity index (χ0v) is 17.7. The van der Waals surface area contributed by atoms with Gasteiger partial charge in [0.2, 0.25) is 0 Å². The number of para-hydroxylation sites is 2. The number of nitrogens with zero attached hydrogens (tertiary/aromatic N) is 2. The molecule has 2 atom stereocenters. The number of benzene rings is 3. The number of rotatable bonds is 3. The molecule has 1 N–H and O–H groups in total. The van der Waals surface area contributed by atoms with Gasteiger partial charge in [0, 0.05) is 12.0 Å². The van der Waals surface area contributed by atoms with Crippen molar-refractivity contribution in [1.29, 1.82) is 0 Å². The van der Waals surface area contributed by atoms with Crippen LogP contribution >= 0.6 is 0 Å². The van der Waals surface area contributed by atoms with E-state index in [0.29, 0.717) is 17.9 Å². The Morgan fingerprint density at radius 1 is 1.03 bits per heavy atom. The fraction of sp³-hybridized carbons (Fsp3) is 0.200. The van der Waals surface area contributed by atoms with Gasteiger partial charge >= 0.3 is 5.72 Å². The summed E-state index contributed by atoms with van der Waals surface area (Å²) >= 11 is 0. The summed E-state index contributed by atoms with van der Waals surface area (Å²) in [5.41, 5.74) is 2.87. The second kappa shape index (κ2) is 6.75. The fourth-order valence-corrected chi connectivity index (χ4v) is 4.81. The highest BCUT2D eigenvalue weighted by molar-refractivity contribution is 6.07.